The first-order valence-electron chi connectivity index (χ1n) is 6.70. The molecule has 1 atom stereocenters. The molecule has 4 heteroatoms. The maximum Gasteiger partial charge on any atom is 0.142 e. The van der Waals surface area contributed by atoms with Crippen LogP contribution in [0.15, 0.2) is 36.7 Å². The summed E-state index contributed by atoms with van der Waals surface area (Å²) in [4.78, 5) is 4.18. The predicted octanol–water partition coefficient (Wildman–Crippen LogP) is 4.08. The number of rotatable bonds is 5. The molecule has 1 aromatic carbocycles. The van der Waals surface area contributed by atoms with E-state index < -0.39 is 0 Å². The summed E-state index contributed by atoms with van der Waals surface area (Å²) in [5, 5.41) is 3.62. The van der Waals surface area contributed by atoms with Gasteiger partial charge in [-0.1, -0.05) is 30.7 Å². The number of benzene rings is 1. The number of aromatic nitrogens is 1. The van der Waals surface area contributed by atoms with Crippen LogP contribution in [-0.4, -0.2) is 11.5 Å². The standard InChI is InChI=1S/C16H18ClFN2/c1-3-20-15(13-10-19-8-7-11(13)2)9-12-5-4-6-14(18)16(12)17/h4-8,10,15,20H,3,9H2,1-2H3. The maximum atomic E-state index is 13.5. The molecule has 0 saturated heterocycles. The Morgan fingerprint density at radius 3 is 2.85 bits per heavy atom. The van der Waals surface area contributed by atoms with Crippen LogP contribution in [0.2, 0.25) is 5.02 Å². The molecular formula is C16H18ClFN2. The van der Waals surface area contributed by atoms with E-state index >= 15 is 0 Å². The Bertz CT molecular complexity index is 586. The van der Waals surface area contributed by atoms with Gasteiger partial charge in [-0.25, -0.2) is 4.39 Å². The van der Waals surface area contributed by atoms with Gasteiger partial charge in [0.2, 0.25) is 0 Å². The number of hydrogen-bond acceptors (Lipinski definition) is 2. The zero-order valence-corrected chi connectivity index (χ0v) is 12.4. The average molecular weight is 293 g/mol. The van der Waals surface area contributed by atoms with Crippen LogP contribution in [0.4, 0.5) is 4.39 Å². The summed E-state index contributed by atoms with van der Waals surface area (Å²) >= 11 is 6.05. The van der Waals surface area contributed by atoms with Gasteiger partial charge < -0.3 is 5.32 Å². The number of likely N-dealkylation sites (N-methyl/N-ethyl adjacent to an activating group) is 1. The SMILES string of the molecule is CCNC(Cc1cccc(F)c1Cl)c1cnccc1C. The largest absolute Gasteiger partial charge is 0.310 e. The lowest BCUT2D eigenvalue weighted by Crippen LogP contribution is -2.24. The topological polar surface area (TPSA) is 24.9 Å². The van der Waals surface area contributed by atoms with Gasteiger partial charge in [0, 0.05) is 18.4 Å². The molecular weight excluding hydrogens is 275 g/mol. The monoisotopic (exact) mass is 292 g/mol. The normalized spacial score (nSPS) is 12.4. The molecule has 0 spiro atoms. The van der Waals surface area contributed by atoms with Crippen molar-refractivity contribution >= 4 is 11.6 Å². The average Bonchev–Trinajstić information content (AvgIpc) is 2.44. The summed E-state index contributed by atoms with van der Waals surface area (Å²) in [6.07, 6.45) is 4.27. The summed E-state index contributed by atoms with van der Waals surface area (Å²) in [7, 11) is 0. The second-order valence-corrected chi connectivity index (χ2v) is 5.14. The third kappa shape index (κ3) is 3.35. The molecule has 0 bridgehead atoms. The molecule has 106 valence electrons. The van der Waals surface area contributed by atoms with Gasteiger partial charge in [-0.3, -0.25) is 4.98 Å². The molecule has 1 aromatic heterocycles. The van der Waals surface area contributed by atoms with Gasteiger partial charge in [-0.05, 0) is 48.7 Å². The van der Waals surface area contributed by atoms with Crippen molar-refractivity contribution in [3.05, 3.63) is 64.2 Å². The summed E-state index contributed by atoms with van der Waals surface area (Å²) in [5.74, 6) is -0.373. The molecule has 0 aliphatic rings. The van der Waals surface area contributed by atoms with Crippen molar-refractivity contribution in [1.29, 1.82) is 0 Å². The molecule has 1 heterocycles. The highest BCUT2D eigenvalue weighted by atomic mass is 35.5. The fraction of sp³-hybridized carbons (Fsp3) is 0.312. The van der Waals surface area contributed by atoms with Gasteiger partial charge in [-0.2, -0.15) is 0 Å². The third-order valence-corrected chi connectivity index (χ3v) is 3.78. The summed E-state index contributed by atoms with van der Waals surface area (Å²) < 4.78 is 13.5. The Hall–Kier alpha value is -1.45. The minimum atomic E-state index is -0.373. The molecule has 0 aliphatic heterocycles. The maximum absolute atomic E-state index is 13.5. The molecule has 0 saturated carbocycles. The molecule has 20 heavy (non-hydrogen) atoms. The first kappa shape index (κ1) is 14.9. The van der Waals surface area contributed by atoms with Gasteiger partial charge in [0.05, 0.1) is 5.02 Å². The second kappa shape index (κ2) is 6.82. The molecule has 1 unspecified atom stereocenters. The number of nitrogens with zero attached hydrogens (tertiary/aromatic N) is 1. The number of nitrogens with one attached hydrogen (secondary N) is 1. The minimum absolute atomic E-state index is 0.0769. The first-order valence-corrected chi connectivity index (χ1v) is 7.08. The van der Waals surface area contributed by atoms with Gasteiger partial charge in [0.25, 0.3) is 0 Å². The van der Waals surface area contributed by atoms with Gasteiger partial charge in [0.15, 0.2) is 0 Å². The molecule has 1 N–H and O–H groups in total. The van der Waals surface area contributed by atoms with Crippen molar-refractivity contribution in [2.75, 3.05) is 6.54 Å². The molecule has 2 aromatic rings. The molecule has 0 radical (unpaired) electrons. The van der Waals surface area contributed by atoms with E-state index in [9.17, 15) is 4.39 Å². The van der Waals surface area contributed by atoms with Crippen LogP contribution in [0.5, 0.6) is 0 Å². The smallest absolute Gasteiger partial charge is 0.142 e. The van der Waals surface area contributed by atoms with E-state index in [-0.39, 0.29) is 16.9 Å². The van der Waals surface area contributed by atoms with E-state index in [1.54, 1.807) is 12.3 Å². The fourth-order valence-electron chi connectivity index (χ4n) is 2.31. The summed E-state index contributed by atoms with van der Waals surface area (Å²) in [6, 6.07) is 6.99. The van der Waals surface area contributed by atoms with Gasteiger partial charge in [-0.15, -0.1) is 0 Å². The molecule has 0 aliphatic carbocycles. The van der Waals surface area contributed by atoms with E-state index in [0.29, 0.717) is 6.42 Å². The molecule has 2 rings (SSSR count). The summed E-state index contributed by atoms with van der Waals surface area (Å²) in [5.41, 5.74) is 3.09. The molecule has 0 fully saturated rings. The van der Waals surface area contributed by atoms with Crippen LogP contribution in [0.1, 0.15) is 29.7 Å². The molecule has 2 nitrogen and oxygen atoms in total. The predicted molar refractivity (Wildman–Crippen MR) is 80.5 cm³/mol. The van der Waals surface area contributed by atoms with Crippen molar-refractivity contribution in [3.8, 4) is 0 Å². The van der Waals surface area contributed by atoms with Crippen molar-refractivity contribution < 1.29 is 4.39 Å². The fourth-order valence-corrected chi connectivity index (χ4v) is 2.51. The van der Waals surface area contributed by atoms with E-state index in [1.807, 2.05) is 25.3 Å². The van der Waals surface area contributed by atoms with Crippen molar-refractivity contribution in [2.24, 2.45) is 0 Å². The highest BCUT2D eigenvalue weighted by Gasteiger charge is 2.16. The van der Waals surface area contributed by atoms with Crippen molar-refractivity contribution in [1.82, 2.24) is 10.3 Å². The minimum Gasteiger partial charge on any atom is -0.310 e. The van der Waals surface area contributed by atoms with Crippen LogP contribution < -0.4 is 5.32 Å². The van der Waals surface area contributed by atoms with Crippen LogP contribution in [0, 0.1) is 12.7 Å². The van der Waals surface area contributed by atoms with Crippen molar-refractivity contribution in [2.45, 2.75) is 26.3 Å². The van der Waals surface area contributed by atoms with Crippen LogP contribution in [0.3, 0.4) is 0 Å². The van der Waals surface area contributed by atoms with E-state index in [0.717, 1.165) is 17.7 Å². The Morgan fingerprint density at radius 2 is 2.15 bits per heavy atom. The zero-order valence-electron chi connectivity index (χ0n) is 11.7. The zero-order chi connectivity index (χ0) is 14.5. The Kier molecular flexibility index (Phi) is 5.10. The number of hydrogen-bond donors (Lipinski definition) is 1. The lowest BCUT2D eigenvalue weighted by molar-refractivity contribution is 0.543. The van der Waals surface area contributed by atoms with Crippen LogP contribution in [-0.2, 0) is 6.42 Å². The van der Waals surface area contributed by atoms with E-state index in [1.165, 1.54) is 11.6 Å². The highest BCUT2D eigenvalue weighted by Crippen LogP contribution is 2.26. The third-order valence-electron chi connectivity index (χ3n) is 3.36. The Morgan fingerprint density at radius 1 is 1.35 bits per heavy atom. The van der Waals surface area contributed by atoms with Gasteiger partial charge in [0.1, 0.15) is 5.82 Å². The Balaban J connectivity index is 2.31. The highest BCUT2D eigenvalue weighted by molar-refractivity contribution is 6.31. The van der Waals surface area contributed by atoms with Crippen LogP contribution in [0.25, 0.3) is 0 Å². The van der Waals surface area contributed by atoms with Gasteiger partial charge >= 0.3 is 0 Å². The first-order chi connectivity index (χ1) is 9.63. The molecule has 0 amide bonds. The van der Waals surface area contributed by atoms with Crippen molar-refractivity contribution in [3.63, 3.8) is 0 Å². The number of halogens is 2. The Labute approximate surface area is 124 Å². The lowest BCUT2D eigenvalue weighted by atomic mass is 9.97. The number of pyridine rings is 1. The second-order valence-electron chi connectivity index (χ2n) is 4.76. The quantitative estimate of drug-likeness (QED) is 0.898. The lowest BCUT2D eigenvalue weighted by Gasteiger charge is -2.20. The summed E-state index contributed by atoms with van der Waals surface area (Å²) in [6.45, 7) is 4.92. The van der Waals surface area contributed by atoms with E-state index in [2.05, 4.69) is 17.2 Å². The number of aryl methyl sites for hydroxylation is 1. The van der Waals surface area contributed by atoms with Crippen LogP contribution >= 0.6 is 11.6 Å². The van der Waals surface area contributed by atoms with E-state index in [4.69, 9.17) is 11.6 Å².